The van der Waals surface area contributed by atoms with E-state index >= 15 is 0 Å². The van der Waals surface area contributed by atoms with Crippen LogP contribution in [0.1, 0.15) is 44.1 Å². The van der Waals surface area contributed by atoms with E-state index in [4.69, 9.17) is 0 Å². The van der Waals surface area contributed by atoms with Gasteiger partial charge in [0.1, 0.15) is 23.8 Å². The number of carbonyl (C=O) groups excluding carboxylic acids is 1. The highest BCUT2D eigenvalue weighted by Gasteiger charge is 2.15. The summed E-state index contributed by atoms with van der Waals surface area (Å²) in [6.07, 6.45) is 10.1. The molecule has 1 fully saturated rings. The Morgan fingerprint density at radius 1 is 1.07 bits per heavy atom. The van der Waals surface area contributed by atoms with Crippen LogP contribution in [-0.2, 0) is 4.79 Å². The molecule has 0 spiro atoms. The Morgan fingerprint density at radius 2 is 1.85 bits per heavy atom. The first-order valence-corrected chi connectivity index (χ1v) is 9.71. The van der Waals surface area contributed by atoms with E-state index in [-0.39, 0.29) is 5.91 Å². The van der Waals surface area contributed by atoms with Crippen molar-refractivity contribution in [2.75, 3.05) is 23.7 Å². The summed E-state index contributed by atoms with van der Waals surface area (Å²) >= 11 is 0. The highest BCUT2D eigenvalue weighted by Crippen LogP contribution is 2.28. The lowest BCUT2D eigenvalue weighted by Gasteiger charge is -2.10. The third-order valence-corrected chi connectivity index (χ3v) is 4.85. The van der Waals surface area contributed by atoms with Crippen LogP contribution in [0.15, 0.2) is 30.7 Å². The Labute approximate surface area is 160 Å². The van der Waals surface area contributed by atoms with Crippen molar-refractivity contribution in [1.82, 2.24) is 20.3 Å². The molecule has 144 valence electrons. The molecule has 2 heterocycles. The average Bonchev–Trinajstić information content (AvgIpc) is 3.18. The Hall–Kier alpha value is -2.70. The van der Waals surface area contributed by atoms with Crippen LogP contribution in [0.3, 0.4) is 0 Å². The molecule has 0 aromatic carbocycles. The van der Waals surface area contributed by atoms with E-state index in [1.165, 1.54) is 32.0 Å². The number of anilines is 3. The summed E-state index contributed by atoms with van der Waals surface area (Å²) < 4.78 is 0. The van der Waals surface area contributed by atoms with Crippen molar-refractivity contribution in [3.05, 3.63) is 36.3 Å². The lowest BCUT2D eigenvalue weighted by molar-refractivity contribution is -0.121. The third-order valence-electron chi connectivity index (χ3n) is 4.85. The van der Waals surface area contributed by atoms with Gasteiger partial charge in [-0.3, -0.25) is 4.79 Å². The summed E-state index contributed by atoms with van der Waals surface area (Å²) in [5.74, 6) is 3.02. The first-order chi connectivity index (χ1) is 13.2. The fourth-order valence-corrected chi connectivity index (χ4v) is 3.37. The van der Waals surface area contributed by atoms with E-state index in [1.807, 2.05) is 25.1 Å². The Morgan fingerprint density at radius 3 is 2.67 bits per heavy atom. The minimum Gasteiger partial charge on any atom is -0.368 e. The van der Waals surface area contributed by atoms with Gasteiger partial charge in [-0.05, 0) is 37.0 Å². The van der Waals surface area contributed by atoms with Crippen molar-refractivity contribution >= 4 is 23.4 Å². The minimum absolute atomic E-state index is 0.138. The van der Waals surface area contributed by atoms with Gasteiger partial charge in [0.2, 0.25) is 5.91 Å². The number of hydrogen-bond donors (Lipinski definition) is 3. The normalized spacial score (nSPS) is 14.1. The highest BCUT2D eigenvalue weighted by atomic mass is 16.1. The number of nitrogens with zero attached hydrogens (tertiary/aromatic N) is 3. The number of aromatic nitrogens is 3. The topological polar surface area (TPSA) is 91.8 Å². The number of amides is 1. The average molecular weight is 368 g/mol. The van der Waals surface area contributed by atoms with Gasteiger partial charge in [-0.2, -0.15) is 0 Å². The van der Waals surface area contributed by atoms with Gasteiger partial charge in [-0.1, -0.05) is 25.7 Å². The van der Waals surface area contributed by atoms with Crippen molar-refractivity contribution in [2.24, 2.45) is 5.92 Å². The lowest BCUT2D eigenvalue weighted by atomic mass is 10.0. The van der Waals surface area contributed by atoms with Gasteiger partial charge in [-0.25, -0.2) is 15.0 Å². The Balaban J connectivity index is 1.37. The van der Waals surface area contributed by atoms with Crippen LogP contribution in [0.5, 0.6) is 0 Å². The monoisotopic (exact) mass is 368 g/mol. The predicted molar refractivity (Wildman–Crippen MR) is 107 cm³/mol. The Kier molecular flexibility index (Phi) is 6.96. The summed E-state index contributed by atoms with van der Waals surface area (Å²) in [6.45, 7) is 3.21. The molecule has 1 aliphatic carbocycles. The molecule has 2 aromatic heterocycles. The van der Waals surface area contributed by atoms with E-state index in [9.17, 15) is 4.79 Å². The number of aryl methyl sites for hydroxylation is 1. The zero-order valence-corrected chi connectivity index (χ0v) is 15.9. The molecular formula is C20H28N6O. The maximum atomic E-state index is 11.9. The summed E-state index contributed by atoms with van der Waals surface area (Å²) in [7, 11) is 0. The van der Waals surface area contributed by atoms with Crippen molar-refractivity contribution in [1.29, 1.82) is 0 Å². The number of pyridine rings is 1. The summed E-state index contributed by atoms with van der Waals surface area (Å²) in [5.41, 5.74) is 1.13. The summed E-state index contributed by atoms with van der Waals surface area (Å²) in [5, 5.41) is 9.34. The first-order valence-electron chi connectivity index (χ1n) is 9.71. The lowest BCUT2D eigenvalue weighted by Crippen LogP contribution is -2.29. The van der Waals surface area contributed by atoms with Crippen molar-refractivity contribution in [2.45, 2.75) is 45.4 Å². The van der Waals surface area contributed by atoms with Gasteiger partial charge >= 0.3 is 0 Å². The van der Waals surface area contributed by atoms with Gasteiger partial charge in [0.25, 0.3) is 0 Å². The fourth-order valence-electron chi connectivity index (χ4n) is 3.37. The molecular weight excluding hydrogens is 340 g/mol. The number of hydrogen-bond acceptors (Lipinski definition) is 6. The molecule has 27 heavy (non-hydrogen) atoms. The van der Waals surface area contributed by atoms with Crippen LogP contribution in [0.4, 0.5) is 17.5 Å². The number of nitrogens with one attached hydrogen (secondary N) is 3. The van der Waals surface area contributed by atoms with Crippen LogP contribution < -0.4 is 16.0 Å². The molecule has 7 heteroatoms. The van der Waals surface area contributed by atoms with Crippen LogP contribution in [0.25, 0.3) is 0 Å². The van der Waals surface area contributed by atoms with E-state index in [0.29, 0.717) is 31.1 Å². The van der Waals surface area contributed by atoms with Crippen molar-refractivity contribution in [3.63, 3.8) is 0 Å². The zero-order valence-electron chi connectivity index (χ0n) is 15.9. The largest absolute Gasteiger partial charge is 0.368 e. The van der Waals surface area contributed by atoms with E-state index in [0.717, 1.165) is 23.7 Å². The van der Waals surface area contributed by atoms with Gasteiger partial charge < -0.3 is 16.0 Å². The molecule has 3 rings (SSSR count). The van der Waals surface area contributed by atoms with Gasteiger partial charge in [0, 0.05) is 31.8 Å². The minimum atomic E-state index is 0.138. The van der Waals surface area contributed by atoms with Crippen LogP contribution in [-0.4, -0.2) is 33.9 Å². The second-order valence-electron chi connectivity index (χ2n) is 7.10. The van der Waals surface area contributed by atoms with E-state index in [1.54, 1.807) is 6.20 Å². The van der Waals surface area contributed by atoms with Gasteiger partial charge in [0.05, 0.1) is 0 Å². The SMILES string of the molecule is Cc1ccnc(Nc2cc(NCCNC(=O)CCC3CCCC3)ncn2)c1. The second-order valence-corrected chi connectivity index (χ2v) is 7.10. The molecule has 0 atom stereocenters. The van der Waals surface area contributed by atoms with Crippen molar-refractivity contribution in [3.8, 4) is 0 Å². The molecule has 3 N–H and O–H groups in total. The zero-order chi connectivity index (χ0) is 18.9. The quantitative estimate of drug-likeness (QED) is 0.588. The maximum Gasteiger partial charge on any atom is 0.220 e. The second kappa shape index (κ2) is 9.85. The number of carbonyl (C=O) groups is 1. The van der Waals surface area contributed by atoms with Gasteiger partial charge in [0.15, 0.2) is 0 Å². The van der Waals surface area contributed by atoms with Crippen LogP contribution in [0.2, 0.25) is 0 Å². The Bertz CT molecular complexity index is 745. The standard InChI is InChI=1S/C20H28N6O/c1-15-8-9-21-18(12-15)26-19-13-17(24-14-25-19)22-10-11-23-20(27)7-6-16-4-2-3-5-16/h8-9,12-14,16H,2-7,10-11H2,1H3,(H,23,27)(H2,21,22,24,25,26). The molecule has 0 radical (unpaired) electrons. The third kappa shape index (κ3) is 6.51. The number of rotatable bonds is 9. The molecule has 1 aliphatic rings. The summed E-state index contributed by atoms with van der Waals surface area (Å²) in [4.78, 5) is 24.6. The summed E-state index contributed by atoms with van der Waals surface area (Å²) in [6, 6.07) is 5.72. The molecule has 0 saturated heterocycles. The molecule has 1 saturated carbocycles. The predicted octanol–water partition coefficient (Wildman–Crippen LogP) is 3.42. The molecule has 1 amide bonds. The maximum absolute atomic E-state index is 11.9. The fraction of sp³-hybridized carbons (Fsp3) is 0.500. The smallest absolute Gasteiger partial charge is 0.220 e. The van der Waals surface area contributed by atoms with Gasteiger partial charge in [-0.15, -0.1) is 0 Å². The molecule has 7 nitrogen and oxygen atoms in total. The van der Waals surface area contributed by atoms with E-state index in [2.05, 4.69) is 30.9 Å². The van der Waals surface area contributed by atoms with E-state index < -0.39 is 0 Å². The van der Waals surface area contributed by atoms with Crippen LogP contribution >= 0.6 is 0 Å². The molecule has 0 bridgehead atoms. The molecule has 2 aromatic rings. The molecule has 0 aliphatic heterocycles. The molecule has 0 unspecified atom stereocenters. The highest BCUT2D eigenvalue weighted by molar-refractivity contribution is 5.75. The first kappa shape index (κ1) is 19.1. The van der Waals surface area contributed by atoms with Crippen LogP contribution in [0, 0.1) is 12.8 Å². The van der Waals surface area contributed by atoms with Crippen molar-refractivity contribution < 1.29 is 4.79 Å².